The molecule has 2 heterocycles. The Hall–Kier alpha value is -1.48. The van der Waals surface area contributed by atoms with E-state index in [4.69, 9.17) is 4.42 Å². The minimum Gasteiger partial charge on any atom is -0.439 e. The second-order valence-electron chi connectivity index (χ2n) is 5.84. The van der Waals surface area contributed by atoms with Crippen LogP contribution >= 0.6 is 0 Å². The van der Waals surface area contributed by atoms with E-state index in [0.29, 0.717) is 51.7 Å². The third kappa shape index (κ3) is 3.46. The van der Waals surface area contributed by atoms with E-state index in [0.717, 1.165) is 11.1 Å². The topological polar surface area (TPSA) is 69.9 Å². The monoisotopic (exact) mass is 352 g/mol. The Morgan fingerprint density at radius 3 is 2.42 bits per heavy atom. The fourth-order valence-corrected chi connectivity index (χ4v) is 4.61. The lowest BCUT2D eigenvalue weighted by atomic mass is 10.3. The van der Waals surface area contributed by atoms with Crippen molar-refractivity contribution in [1.29, 1.82) is 0 Å². The summed E-state index contributed by atoms with van der Waals surface area (Å²) in [6, 6.07) is 7.69. The van der Waals surface area contributed by atoms with Crippen LogP contribution in [0.1, 0.15) is 19.7 Å². The minimum atomic E-state index is -3.34. The molecular weight excluding hydrogens is 328 g/mol. The van der Waals surface area contributed by atoms with Crippen molar-refractivity contribution in [2.75, 3.05) is 39.3 Å². The van der Waals surface area contributed by atoms with Gasteiger partial charge in [0.1, 0.15) is 5.52 Å². The summed E-state index contributed by atoms with van der Waals surface area (Å²) in [7, 11) is -3.34. The number of oxazole rings is 1. The van der Waals surface area contributed by atoms with Crippen molar-refractivity contribution in [3.05, 3.63) is 30.2 Å². The van der Waals surface area contributed by atoms with Gasteiger partial charge in [-0.25, -0.2) is 4.98 Å². The zero-order chi connectivity index (χ0) is 17.2. The molecule has 0 radical (unpaired) electrons. The first-order chi connectivity index (χ1) is 11.5. The number of fused-ring (bicyclic) bond motifs is 1. The molecule has 0 amide bonds. The highest BCUT2D eigenvalue weighted by atomic mass is 32.2. The predicted octanol–water partition coefficient (Wildman–Crippen LogP) is 1.53. The van der Waals surface area contributed by atoms with Gasteiger partial charge in [0, 0.05) is 39.3 Å². The van der Waals surface area contributed by atoms with Crippen molar-refractivity contribution in [2.24, 2.45) is 0 Å². The number of benzene rings is 1. The van der Waals surface area contributed by atoms with Crippen LogP contribution in [-0.2, 0) is 16.8 Å². The van der Waals surface area contributed by atoms with E-state index in [9.17, 15) is 8.42 Å². The summed E-state index contributed by atoms with van der Waals surface area (Å²) in [5, 5.41) is 0. The van der Waals surface area contributed by atoms with Gasteiger partial charge in [-0.1, -0.05) is 26.0 Å². The number of aromatic nitrogens is 1. The van der Waals surface area contributed by atoms with Gasteiger partial charge >= 0.3 is 0 Å². The molecular formula is C16H24N4O3S. The fraction of sp³-hybridized carbons (Fsp3) is 0.562. The Balaban J connectivity index is 1.61. The van der Waals surface area contributed by atoms with Gasteiger partial charge in [-0.05, 0) is 12.1 Å². The number of nitrogens with zero attached hydrogens (tertiary/aromatic N) is 4. The van der Waals surface area contributed by atoms with E-state index in [1.165, 1.54) is 4.31 Å². The van der Waals surface area contributed by atoms with Crippen molar-refractivity contribution in [3.63, 3.8) is 0 Å². The van der Waals surface area contributed by atoms with Crippen molar-refractivity contribution >= 4 is 21.3 Å². The van der Waals surface area contributed by atoms with E-state index in [2.05, 4.69) is 9.88 Å². The molecule has 1 aliphatic heterocycles. The van der Waals surface area contributed by atoms with E-state index < -0.39 is 10.2 Å². The van der Waals surface area contributed by atoms with Crippen molar-refractivity contribution in [1.82, 2.24) is 18.5 Å². The fourth-order valence-electron chi connectivity index (χ4n) is 3.01. The van der Waals surface area contributed by atoms with Crippen LogP contribution in [0.4, 0.5) is 0 Å². The Kier molecular flexibility index (Phi) is 5.19. The van der Waals surface area contributed by atoms with Gasteiger partial charge in [0.25, 0.3) is 10.2 Å². The lowest BCUT2D eigenvalue weighted by Crippen LogP contribution is -2.52. The van der Waals surface area contributed by atoms with Gasteiger partial charge in [-0.15, -0.1) is 0 Å². The number of rotatable bonds is 6. The second-order valence-corrected chi connectivity index (χ2v) is 7.77. The Bertz CT molecular complexity index is 744. The number of hydrogen-bond acceptors (Lipinski definition) is 5. The summed E-state index contributed by atoms with van der Waals surface area (Å²) in [6.07, 6.45) is 0. The summed E-state index contributed by atoms with van der Waals surface area (Å²) < 4.78 is 33.9. The summed E-state index contributed by atoms with van der Waals surface area (Å²) in [5.74, 6) is 0.677. The Labute approximate surface area is 143 Å². The quantitative estimate of drug-likeness (QED) is 0.789. The average molecular weight is 352 g/mol. The summed E-state index contributed by atoms with van der Waals surface area (Å²) in [6.45, 7) is 7.70. The normalized spacial score (nSPS) is 17.8. The first-order valence-corrected chi connectivity index (χ1v) is 9.76. The first kappa shape index (κ1) is 17.3. The molecule has 7 nitrogen and oxygen atoms in total. The molecule has 0 saturated carbocycles. The molecule has 1 aromatic heterocycles. The SMILES string of the molecule is CCN(CC)S(=O)(=O)N1CCN(Cc2nc3ccccc3o2)CC1. The lowest BCUT2D eigenvalue weighted by molar-refractivity contribution is 0.164. The minimum absolute atomic E-state index is 0.499. The lowest BCUT2D eigenvalue weighted by Gasteiger charge is -2.35. The van der Waals surface area contributed by atoms with E-state index in [1.54, 1.807) is 4.31 Å². The Morgan fingerprint density at radius 1 is 1.12 bits per heavy atom. The van der Waals surface area contributed by atoms with E-state index in [-0.39, 0.29) is 0 Å². The second kappa shape index (κ2) is 7.18. The molecule has 3 rings (SSSR count). The molecule has 1 aliphatic rings. The third-order valence-electron chi connectivity index (χ3n) is 4.39. The van der Waals surface area contributed by atoms with Crippen molar-refractivity contribution in [2.45, 2.75) is 20.4 Å². The van der Waals surface area contributed by atoms with Gasteiger partial charge in [0.2, 0.25) is 5.89 Å². The maximum absolute atomic E-state index is 12.5. The van der Waals surface area contributed by atoms with Crippen LogP contribution in [0.15, 0.2) is 28.7 Å². The smallest absolute Gasteiger partial charge is 0.282 e. The van der Waals surface area contributed by atoms with E-state index >= 15 is 0 Å². The van der Waals surface area contributed by atoms with Gasteiger partial charge in [-0.2, -0.15) is 17.0 Å². The largest absolute Gasteiger partial charge is 0.439 e. The molecule has 0 aliphatic carbocycles. The number of hydrogen-bond donors (Lipinski definition) is 0. The maximum Gasteiger partial charge on any atom is 0.282 e. The molecule has 132 valence electrons. The van der Waals surface area contributed by atoms with Crippen LogP contribution in [-0.4, -0.2) is 66.2 Å². The standard InChI is InChI=1S/C16H24N4O3S/c1-3-19(4-2)24(21,22)20-11-9-18(10-12-20)13-16-17-14-7-5-6-8-15(14)23-16/h5-8H,3-4,9-13H2,1-2H3. The highest BCUT2D eigenvalue weighted by molar-refractivity contribution is 7.86. The van der Waals surface area contributed by atoms with Crippen molar-refractivity contribution < 1.29 is 12.8 Å². The molecule has 24 heavy (non-hydrogen) atoms. The van der Waals surface area contributed by atoms with Gasteiger partial charge in [0.15, 0.2) is 5.58 Å². The molecule has 0 spiro atoms. The number of piperazine rings is 1. The number of para-hydroxylation sites is 2. The molecule has 1 fully saturated rings. The van der Waals surface area contributed by atoms with Gasteiger partial charge < -0.3 is 4.42 Å². The highest BCUT2D eigenvalue weighted by Gasteiger charge is 2.31. The van der Waals surface area contributed by atoms with Gasteiger partial charge in [0.05, 0.1) is 6.54 Å². The molecule has 2 aromatic rings. The zero-order valence-corrected chi connectivity index (χ0v) is 15.0. The molecule has 0 N–H and O–H groups in total. The molecule has 0 bridgehead atoms. The average Bonchev–Trinajstić information content (AvgIpc) is 2.98. The van der Waals surface area contributed by atoms with Crippen molar-refractivity contribution in [3.8, 4) is 0 Å². The molecule has 8 heteroatoms. The zero-order valence-electron chi connectivity index (χ0n) is 14.2. The molecule has 0 atom stereocenters. The van der Waals surface area contributed by atoms with Crippen LogP contribution in [0, 0.1) is 0 Å². The highest BCUT2D eigenvalue weighted by Crippen LogP contribution is 2.18. The van der Waals surface area contributed by atoms with Crippen LogP contribution in [0.3, 0.4) is 0 Å². The summed E-state index contributed by atoms with van der Waals surface area (Å²) in [5.41, 5.74) is 1.64. The van der Waals surface area contributed by atoms with Gasteiger partial charge in [-0.3, -0.25) is 4.90 Å². The Morgan fingerprint density at radius 2 is 1.79 bits per heavy atom. The third-order valence-corrected chi connectivity index (χ3v) is 6.57. The maximum atomic E-state index is 12.5. The molecule has 1 saturated heterocycles. The van der Waals surface area contributed by atoms with Crippen LogP contribution < -0.4 is 0 Å². The molecule has 0 unspecified atom stereocenters. The first-order valence-electron chi connectivity index (χ1n) is 8.36. The summed E-state index contributed by atoms with van der Waals surface area (Å²) >= 11 is 0. The van der Waals surface area contributed by atoms with Crippen LogP contribution in [0.5, 0.6) is 0 Å². The van der Waals surface area contributed by atoms with Crippen LogP contribution in [0.2, 0.25) is 0 Å². The summed E-state index contributed by atoms with van der Waals surface area (Å²) in [4.78, 5) is 6.66. The molecule has 1 aromatic carbocycles. The predicted molar refractivity (Wildman–Crippen MR) is 92.7 cm³/mol. The van der Waals surface area contributed by atoms with Crippen LogP contribution in [0.25, 0.3) is 11.1 Å². The van der Waals surface area contributed by atoms with E-state index in [1.807, 2.05) is 38.1 Å².